The number of nitrogens with one attached hydrogen (secondary N) is 1. The average molecular weight is 452 g/mol. The van der Waals surface area contributed by atoms with Crippen molar-refractivity contribution in [1.82, 2.24) is 25.1 Å². The highest BCUT2D eigenvalue weighted by Crippen LogP contribution is 2.37. The Morgan fingerprint density at radius 3 is 2.94 bits per heavy atom. The van der Waals surface area contributed by atoms with Crippen LogP contribution in [0.3, 0.4) is 0 Å². The number of nitrogen functional groups attached to an aromatic ring is 1. The summed E-state index contributed by atoms with van der Waals surface area (Å²) in [6.45, 7) is 2.30. The second-order valence-electron chi connectivity index (χ2n) is 7.49. The van der Waals surface area contributed by atoms with Crippen molar-refractivity contribution in [2.75, 3.05) is 11.1 Å². The maximum atomic E-state index is 5.89. The number of aromatic nitrogens is 5. The number of thiophene rings is 1. The van der Waals surface area contributed by atoms with Crippen LogP contribution in [0.25, 0.3) is 10.8 Å². The minimum Gasteiger partial charge on any atom is -0.410 e. The summed E-state index contributed by atoms with van der Waals surface area (Å²) < 4.78 is 5.89. The van der Waals surface area contributed by atoms with Gasteiger partial charge in [0, 0.05) is 10.6 Å². The summed E-state index contributed by atoms with van der Waals surface area (Å²) in [6.07, 6.45) is 3.51. The first-order valence-electron chi connectivity index (χ1n) is 10.0. The maximum absolute atomic E-state index is 5.89. The molecule has 0 fully saturated rings. The molecule has 5 rings (SSSR count). The van der Waals surface area contributed by atoms with Gasteiger partial charge in [-0.15, -0.1) is 21.5 Å². The van der Waals surface area contributed by atoms with E-state index in [1.165, 1.54) is 28.6 Å². The molecule has 0 saturated heterocycles. The largest absolute Gasteiger partial charge is 0.410 e. The lowest BCUT2D eigenvalue weighted by atomic mass is 9.90. The molecule has 0 spiro atoms. The summed E-state index contributed by atoms with van der Waals surface area (Å²) in [4.78, 5) is 15.3. The minimum atomic E-state index is 0.161. The molecular weight excluding hydrogens is 430 g/mol. The van der Waals surface area contributed by atoms with Gasteiger partial charge in [-0.1, -0.05) is 36.9 Å². The van der Waals surface area contributed by atoms with Gasteiger partial charge >= 0.3 is 0 Å². The molecule has 10 heteroatoms. The predicted octanol–water partition coefficient (Wildman–Crippen LogP) is 4.73. The van der Waals surface area contributed by atoms with Crippen LogP contribution in [0.15, 0.2) is 46.0 Å². The summed E-state index contributed by atoms with van der Waals surface area (Å²) in [5, 5.41) is 12.0. The minimum absolute atomic E-state index is 0.161. The highest BCUT2D eigenvalue weighted by Gasteiger charge is 2.21. The fourth-order valence-corrected chi connectivity index (χ4v) is 5.26. The lowest BCUT2D eigenvalue weighted by Gasteiger charge is -2.16. The number of fused-ring (bicyclic) bond motifs is 1. The van der Waals surface area contributed by atoms with Crippen LogP contribution >= 0.6 is 23.1 Å². The van der Waals surface area contributed by atoms with E-state index in [0.29, 0.717) is 28.6 Å². The number of para-hydroxylation sites is 1. The maximum Gasteiger partial charge on any atom is 0.277 e. The molecule has 1 aromatic carbocycles. The highest BCUT2D eigenvalue weighted by molar-refractivity contribution is 7.98. The first-order valence-corrected chi connectivity index (χ1v) is 11.8. The Kier molecular flexibility index (Phi) is 5.56. The first-order chi connectivity index (χ1) is 15.1. The number of nitrogens with two attached hydrogens (primary N) is 1. The Morgan fingerprint density at radius 2 is 2.06 bits per heavy atom. The van der Waals surface area contributed by atoms with E-state index in [9.17, 15) is 0 Å². The molecular formula is C21H21N7OS2. The fourth-order valence-electron chi connectivity index (χ4n) is 3.51. The van der Waals surface area contributed by atoms with Crippen LogP contribution in [0.4, 0.5) is 17.6 Å². The molecule has 0 unspecified atom stereocenters. The van der Waals surface area contributed by atoms with E-state index in [-0.39, 0.29) is 5.95 Å². The van der Waals surface area contributed by atoms with E-state index in [1.807, 2.05) is 30.3 Å². The zero-order valence-electron chi connectivity index (χ0n) is 16.9. The van der Waals surface area contributed by atoms with E-state index >= 15 is 0 Å². The van der Waals surface area contributed by atoms with Crippen LogP contribution in [0.5, 0.6) is 0 Å². The third-order valence-corrected chi connectivity index (χ3v) is 7.04. The van der Waals surface area contributed by atoms with Gasteiger partial charge < -0.3 is 15.5 Å². The molecule has 4 aromatic rings. The van der Waals surface area contributed by atoms with Gasteiger partial charge in [-0.05, 0) is 48.9 Å². The Labute approximate surface area is 187 Å². The quantitative estimate of drug-likeness (QED) is 0.401. The fraction of sp³-hybridized carbons (Fsp3) is 0.286. The summed E-state index contributed by atoms with van der Waals surface area (Å²) in [5.74, 6) is 2.84. The third-order valence-electron chi connectivity index (χ3n) is 5.00. The molecule has 3 aromatic heterocycles. The van der Waals surface area contributed by atoms with E-state index in [0.717, 1.165) is 29.3 Å². The van der Waals surface area contributed by atoms with Crippen molar-refractivity contribution in [2.45, 2.75) is 37.2 Å². The van der Waals surface area contributed by atoms with Gasteiger partial charge in [0.25, 0.3) is 11.1 Å². The zero-order chi connectivity index (χ0) is 21.2. The zero-order valence-corrected chi connectivity index (χ0v) is 18.5. The van der Waals surface area contributed by atoms with Crippen molar-refractivity contribution in [3.8, 4) is 10.8 Å². The smallest absolute Gasteiger partial charge is 0.277 e. The molecule has 0 radical (unpaired) electrons. The molecule has 0 amide bonds. The number of thioether (sulfide) groups is 1. The van der Waals surface area contributed by atoms with Crippen molar-refractivity contribution in [3.63, 3.8) is 0 Å². The second kappa shape index (κ2) is 8.64. The predicted molar refractivity (Wildman–Crippen MR) is 122 cm³/mol. The van der Waals surface area contributed by atoms with Gasteiger partial charge in [0.1, 0.15) is 5.82 Å². The van der Waals surface area contributed by atoms with Crippen molar-refractivity contribution in [1.29, 1.82) is 0 Å². The van der Waals surface area contributed by atoms with Crippen LogP contribution in [0, 0.1) is 5.92 Å². The van der Waals surface area contributed by atoms with Gasteiger partial charge in [-0.25, -0.2) is 0 Å². The summed E-state index contributed by atoms with van der Waals surface area (Å²) >= 11 is 3.14. The van der Waals surface area contributed by atoms with Crippen molar-refractivity contribution in [2.24, 2.45) is 5.92 Å². The molecule has 0 aliphatic heterocycles. The van der Waals surface area contributed by atoms with Crippen LogP contribution in [0.2, 0.25) is 0 Å². The SMILES string of the molecule is C[C@H]1CCc2sc(-c3nnc(SCc4nc(N)nc(Nc5ccccc5)n4)o3)cc2C1. The summed E-state index contributed by atoms with van der Waals surface area (Å²) in [5.41, 5.74) is 8.16. The normalized spacial score (nSPS) is 15.6. The molecule has 1 aliphatic carbocycles. The topological polar surface area (TPSA) is 116 Å². The van der Waals surface area contributed by atoms with E-state index in [4.69, 9.17) is 10.2 Å². The Hall–Kier alpha value is -2.98. The molecule has 0 saturated carbocycles. The van der Waals surface area contributed by atoms with Gasteiger partial charge in [0.2, 0.25) is 11.9 Å². The third kappa shape index (κ3) is 4.70. The van der Waals surface area contributed by atoms with Gasteiger partial charge in [0.05, 0.1) is 10.6 Å². The van der Waals surface area contributed by atoms with Crippen molar-refractivity contribution in [3.05, 3.63) is 52.7 Å². The van der Waals surface area contributed by atoms with Crippen molar-refractivity contribution >= 4 is 40.7 Å². The van der Waals surface area contributed by atoms with Gasteiger partial charge in [-0.3, -0.25) is 0 Å². The second-order valence-corrected chi connectivity index (χ2v) is 9.56. The number of benzene rings is 1. The number of aryl methyl sites for hydroxylation is 1. The monoisotopic (exact) mass is 451 g/mol. The Morgan fingerprint density at radius 1 is 1.19 bits per heavy atom. The van der Waals surface area contributed by atoms with E-state index < -0.39 is 0 Å². The van der Waals surface area contributed by atoms with Crippen LogP contribution in [-0.2, 0) is 18.6 Å². The number of rotatable bonds is 6. The van der Waals surface area contributed by atoms with Crippen molar-refractivity contribution < 1.29 is 4.42 Å². The average Bonchev–Trinajstić information content (AvgIpc) is 3.39. The lowest BCUT2D eigenvalue weighted by molar-refractivity contribution is 0.466. The molecule has 158 valence electrons. The number of hydrogen-bond acceptors (Lipinski definition) is 10. The first kappa shape index (κ1) is 20.0. The Balaban J connectivity index is 1.26. The Bertz CT molecular complexity index is 1190. The van der Waals surface area contributed by atoms with E-state index in [1.54, 1.807) is 11.3 Å². The van der Waals surface area contributed by atoms with E-state index in [2.05, 4.69) is 43.5 Å². The number of nitrogens with zero attached hydrogens (tertiary/aromatic N) is 5. The number of hydrogen-bond donors (Lipinski definition) is 2. The van der Waals surface area contributed by atoms with Crippen LogP contribution in [-0.4, -0.2) is 25.1 Å². The van der Waals surface area contributed by atoms with Crippen LogP contribution < -0.4 is 11.1 Å². The number of anilines is 3. The van der Waals surface area contributed by atoms with Crippen LogP contribution in [0.1, 0.15) is 29.6 Å². The highest BCUT2D eigenvalue weighted by atomic mass is 32.2. The molecule has 3 heterocycles. The van der Waals surface area contributed by atoms with Gasteiger partial charge in [0.15, 0.2) is 0 Å². The molecule has 1 atom stereocenters. The molecule has 0 bridgehead atoms. The summed E-state index contributed by atoms with van der Waals surface area (Å²) in [7, 11) is 0. The molecule has 1 aliphatic rings. The standard InChI is InChI=1S/C21H21N7OS2/c1-12-7-8-15-13(9-12)10-16(31-15)18-27-28-21(29-18)30-11-17-24-19(22)26-20(25-17)23-14-5-3-2-4-6-14/h2-6,10,12H,7-9,11H2,1H3,(H3,22,23,24,25,26)/t12-/m0/s1. The van der Waals surface area contributed by atoms with Gasteiger partial charge in [-0.2, -0.15) is 15.0 Å². The lowest BCUT2D eigenvalue weighted by Crippen LogP contribution is -2.07. The molecule has 3 N–H and O–H groups in total. The molecule has 8 nitrogen and oxygen atoms in total. The molecule has 31 heavy (non-hydrogen) atoms. The summed E-state index contributed by atoms with van der Waals surface area (Å²) in [6, 6.07) is 11.9.